The zero-order valence-electron chi connectivity index (χ0n) is 14.8. The van der Waals surface area contributed by atoms with Gasteiger partial charge in [0.15, 0.2) is 17.5 Å². The summed E-state index contributed by atoms with van der Waals surface area (Å²) in [6.07, 6.45) is 2.75. The number of nitrogens with two attached hydrogens (primary N) is 1. The van der Waals surface area contributed by atoms with E-state index >= 15 is 0 Å². The van der Waals surface area contributed by atoms with Crippen LogP contribution in [0.15, 0.2) is 23.2 Å². The van der Waals surface area contributed by atoms with Gasteiger partial charge in [-0.3, -0.25) is 4.99 Å². The lowest BCUT2D eigenvalue weighted by Crippen LogP contribution is -2.37. The van der Waals surface area contributed by atoms with Gasteiger partial charge in [-0.2, -0.15) is 0 Å². The van der Waals surface area contributed by atoms with E-state index in [9.17, 15) is 0 Å². The van der Waals surface area contributed by atoms with E-state index in [1.54, 1.807) is 7.11 Å². The second kappa shape index (κ2) is 8.40. The van der Waals surface area contributed by atoms with E-state index in [1.165, 1.54) is 0 Å². The van der Waals surface area contributed by atoms with Crippen molar-refractivity contribution in [2.45, 2.75) is 19.3 Å². The predicted octanol–water partition coefficient (Wildman–Crippen LogP) is 2.02. The Hall–Kier alpha value is -1.99. The molecule has 3 N–H and O–H groups in total. The molecular formula is C18H27N3O4. The molecule has 1 aromatic rings. The van der Waals surface area contributed by atoms with Crippen molar-refractivity contribution in [2.24, 2.45) is 16.1 Å². The number of nitrogens with zero attached hydrogens (tertiary/aromatic N) is 1. The standard InChI is InChI=1S/C18H27N3O4/c1-22-13-18(5-9-23-10-6-18)12-20-17(19)21-14-3-4-15-16(11-14)25-8-2-7-24-15/h3-4,11H,2,5-10,12-13H2,1H3,(H3,19,20,21). The monoisotopic (exact) mass is 349 g/mol. The number of hydrogen-bond acceptors (Lipinski definition) is 5. The fourth-order valence-corrected chi connectivity index (χ4v) is 3.14. The van der Waals surface area contributed by atoms with Crippen LogP contribution in [0.2, 0.25) is 0 Å². The van der Waals surface area contributed by atoms with Gasteiger partial charge >= 0.3 is 0 Å². The van der Waals surface area contributed by atoms with Crippen molar-refractivity contribution in [3.8, 4) is 11.5 Å². The summed E-state index contributed by atoms with van der Waals surface area (Å²) < 4.78 is 22.2. The van der Waals surface area contributed by atoms with Crippen LogP contribution in [0.1, 0.15) is 19.3 Å². The lowest BCUT2D eigenvalue weighted by molar-refractivity contribution is -0.0222. The van der Waals surface area contributed by atoms with Gasteiger partial charge in [-0.15, -0.1) is 0 Å². The molecule has 0 radical (unpaired) electrons. The molecule has 2 aliphatic heterocycles. The molecular weight excluding hydrogens is 322 g/mol. The van der Waals surface area contributed by atoms with Crippen molar-refractivity contribution in [2.75, 3.05) is 52.0 Å². The second-order valence-corrected chi connectivity index (χ2v) is 6.58. The molecule has 0 bridgehead atoms. The minimum atomic E-state index is 0.00399. The molecule has 2 heterocycles. The van der Waals surface area contributed by atoms with Crippen LogP contribution >= 0.6 is 0 Å². The molecule has 0 spiro atoms. The van der Waals surface area contributed by atoms with Crippen LogP contribution in [0.5, 0.6) is 11.5 Å². The molecule has 0 amide bonds. The second-order valence-electron chi connectivity index (χ2n) is 6.58. The van der Waals surface area contributed by atoms with E-state index in [0.29, 0.717) is 32.3 Å². The molecule has 7 nitrogen and oxygen atoms in total. The number of aliphatic imine (C=N–C) groups is 1. The maximum Gasteiger partial charge on any atom is 0.193 e. The Morgan fingerprint density at radius 3 is 2.72 bits per heavy atom. The van der Waals surface area contributed by atoms with E-state index in [-0.39, 0.29) is 5.41 Å². The maximum atomic E-state index is 6.08. The molecule has 0 aliphatic carbocycles. The first-order valence-corrected chi connectivity index (χ1v) is 8.74. The molecule has 138 valence electrons. The smallest absolute Gasteiger partial charge is 0.193 e. The number of nitrogens with one attached hydrogen (secondary N) is 1. The van der Waals surface area contributed by atoms with E-state index in [2.05, 4.69) is 10.3 Å². The molecule has 7 heteroatoms. The topological polar surface area (TPSA) is 87.3 Å². The molecule has 0 saturated carbocycles. The van der Waals surface area contributed by atoms with Gasteiger partial charge in [0, 0.05) is 43.9 Å². The van der Waals surface area contributed by atoms with Crippen molar-refractivity contribution in [1.82, 2.24) is 0 Å². The van der Waals surface area contributed by atoms with Crippen LogP contribution in [-0.2, 0) is 9.47 Å². The fourth-order valence-electron chi connectivity index (χ4n) is 3.14. The average molecular weight is 349 g/mol. The Bertz CT molecular complexity index is 594. The number of ether oxygens (including phenoxy) is 4. The Morgan fingerprint density at radius 1 is 1.20 bits per heavy atom. The maximum absolute atomic E-state index is 6.08. The molecule has 25 heavy (non-hydrogen) atoms. The number of guanidine groups is 1. The normalized spacial score (nSPS) is 20.0. The van der Waals surface area contributed by atoms with Crippen LogP contribution in [0.4, 0.5) is 5.69 Å². The number of hydrogen-bond donors (Lipinski definition) is 2. The van der Waals surface area contributed by atoms with Gasteiger partial charge in [-0.05, 0) is 25.0 Å². The van der Waals surface area contributed by atoms with E-state index < -0.39 is 0 Å². The van der Waals surface area contributed by atoms with Gasteiger partial charge in [-0.1, -0.05) is 0 Å². The van der Waals surface area contributed by atoms with Gasteiger partial charge in [0.05, 0.1) is 26.4 Å². The highest BCUT2D eigenvalue weighted by Crippen LogP contribution is 2.33. The SMILES string of the molecule is COCC1(CN=C(N)Nc2ccc3c(c2)OCCCO3)CCOCC1. The predicted molar refractivity (Wildman–Crippen MR) is 96.5 cm³/mol. The summed E-state index contributed by atoms with van der Waals surface area (Å²) in [7, 11) is 1.72. The molecule has 0 atom stereocenters. The van der Waals surface area contributed by atoms with Crippen LogP contribution in [0.25, 0.3) is 0 Å². The van der Waals surface area contributed by atoms with Crippen molar-refractivity contribution in [1.29, 1.82) is 0 Å². The summed E-state index contributed by atoms with van der Waals surface area (Å²) in [6.45, 7) is 4.10. The van der Waals surface area contributed by atoms with Gasteiger partial charge in [0.1, 0.15) is 0 Å². The third-order valence-electron chi connectivity index (χ3n) is 4.61. The highest BCUT2D eigenvalue weighted by atomic mass is 16.5. The summed E-state index contributed by atoms with van der Waals surface area (Å²) in [5.41, 5.74) is 6.92. The number of anilines is 1. The summed E-state index contributed by atoms with van der Waals surface area (Å²) >= 11 is 0. The molecule has 1 aromatic carbocycles. The molecule has 1 saturated heterocycles. The van der Waals surface area contributed by atoms with Crippen molar-refractivity contribution >= 4 is 11.6 Å². The van der Waals surface area contributed by atoms with Gasteiger partial charge in [-0.25, -0.2) is 0 Å². The first kappa shape index (κ1) is 17.8. The molecule has 2 aliphatic rings. The zero-order valence-corrected chi connectivity index (χ0v) is 14.8. The average Bonchev–Trinajstić information content (AvgIpc) is 2.86. The van der Waals surface area contributed by atoms with E-state index in [1.807, 2.05) is 18.2 Å². The van der Waals surface area contributed by atoms with E-state index in [0.717, 1.165) is 49.7 Å². The first-order valence-electron chi connectivity index (χ1n) is 8.74. The largest absolute Gasteiger partial charge is 0.490 e. The van der Waals surface area contributed by atoms with Crippen molar-refractivity contribution < 1.29 is 18.9 Å². The Morgan fingerprint density at radius 2 is 1.96 bits per heavy atom. The third-order valence-corrected chi connectivity index (χ3v) is 4.61. The van der Waals surface area contributed by atoms with E-state index in [4.69, 9.17) is 24.7 Å². The Kier molecular flexibility index (Phi) is 5.99. The van der Waals surface area contributed by atoms with Crippen LogP contribution < -0.4 is 20.5 Å². The van der Waals surface area contributed by atoms with Gasteiger partial charge in [0.2, 0.25) is 0 Å². The number of benzene rings is 1. The number of methoxy groups -OCH3 is 1. The summed E-state index contributed by atoms with van der Waals surface area (Å²) in [4.78, 5) is 4.54. The van der Waals surface area contributed by atoms with Crippen LogP contribution in [0.3, 0.4) is 0 Å². The number of rotatable bonds is 5. The van der Waals surface area contributed by atoms with Crippen LogP contribution in [0, 0.1) is 5.41 Å². The van der Waals surface area contributed by atoms with Gasteiger partial charge < -0.3 is 30.0 Å². The van der Waals surface area contributed by atoms with Crippen molar-refractivity contribution in [3.63, 3.8) is 0 Å². The Balaban J connectivity index is 1.63. The van der Waals surface area contributed by atoms with Crippen LogP contribution in [-0.4, -0.2) is 52.6 Å². The lowest BCUT2D eigenvalue weighted by Gasteiger charge is -2.35. The highest BCUT2D eigenvalue weighted by molar-refractivity contribution is 5.92. The fraction of sp³-hybridized carbons (Fsp3) is 0.611. The number of fused-ring (bicyclic) bond motifs is 1. The summed E-state index contributed by atoms with van der Waals surface area (Å²) in [6, 6.07) is 5.69. The molecule has 1 fully saturated rings. The summed E-state index contributed by atoms with van der Waals surface area (Å²) in [5, 5.41) is 3.13. The molecule has 0 unspecified atom stereocenters. The highest BCUT2D eigenvalue weighted by Gasteiger charge is 2.32. The Labute approximate surface area is 148 Å². The lowest BCUT2D eigenvalue weighted by atomic mass is 9.81. The zero-order chi connectivity index (χ0) is 17.5. The minimum Gasteiger partial charge on any atom is -0.490 e. The molecule has 3 rings (SSSR count). The summed E-state index contributed by atoms with van der Waals surface area (Å²) in [5.74, 6) is 1.88. The third kappa shape index (κ3) is 4.76. The molecule has 0 aromatic heterocycles. The van der Waals surface area contributed by atoms with Crippen molar-refractivity contribution in [3.05, 3.63) is 18.2 Å². The quantitative estimate of drug-likeness (QED) is 0.625. The van der Waals surface area contributed by atoms with Gasteiger partial charge in [0.25, 0.3) is 0 Å². The minimum absolute atomic E-state index is 0.00399. The first-order chi connectivity index (χ1) is 12.2.